The number of benzene rings is 3. The van der Waals surface area contributed by atoms with Gasteiger partial charge < -0.3 is 10.6 Å². The zero-order valence-corrected chi connectivity index (χ0v) is 21.0. The highest BCUT2D eigenvalue weighted by molar-refractivity contribution is 5.96. The quantitative estimate of drug-likeness (QED) is 0.365. The molecule has 1 heterocycles. The molecule has 184 valence electrons. The van der Waals surface area contributed by atoms with Crippen molar-refractivity contribution in [3.63, 3.8) is 0 Å². The summed E-state index contributed by atoms with van der Waals surface area (Å²) in [5.74, 6) is -0.525. The predicted molar refractivity (Wildman–Crippen MR) is 144 cm³/mol. The average molecular weight is 483 g/mol. The predicted octanol–water partition coefficient (Wildman–Crippen LogP) is 5.48. The smallest absolute Gasteiger partial charge is 0.278 e. The fourth-order valence-corrected chi connectivity index (χ4v) is 4.37. The SMILES string of the molecule is CCc1cccc(NC(=O)C(CC)n2c(=O)c(-c3cc(C)ccc3NC(C)=O)nc3ccccc32)c1. The van der Waals surface area contributed by atoms with E-state index in [1.807, 2.05) is 68.4 Å². The van der Waals surface area contributed by atoms with Crippen LogP contribution in [0, 0.1) is 6.92 Å². The van der Waals surface area contributed by atoms with Gasteiger partial charge in [-0.3, -0.25) is 19.0 Å². The van der Waals surface area contributed by atoms with Crippen molar-refractivity contribution in [2.75, 3.05) is 10.6 Å². The second-order valence-electron chi connectivity index (χ2n) is 8.82. The molecule has 36 heavy (non-hydrogen) atoms. The number of hydrogen-bond acceptors (Lipinski definition) is 4. The van der Waals surface area contributed by atoms with Crippen molar-refractivity contribution in [1.29, 1.82) is 0 Å². The molecular formula is C29H30N4O3. The van der Waals surface area contributed by atoms with Gasteiger partial charge in [-0.05, 0) is 61.7 Å². The molecule has 7 nitrogen and oxygen atoms in total. The van der Waals surface area contributed by atoms with Gasteiger partial charge in [0.2, 0.25) is 11.8 Å². The second-order valence-corrected chi connectivity index (χ2v) is 8.82. The summed E-state index contributed by atoms with van der Waals surface area (Å²) in [7, 11) is 0. The molecule has 2 amide bonds. The first-order chi connectivity index (χ1) is 17.3. The Labute approximate surface area is 210 Å². The van der Waals surface area contributed by atoms with E-state index in [9.17, 15) is 14.4 Å². The number of carbonyl (C=O) groups is 2. The summed E-state index contributed by atoms with van der Waals surface area (Å²) < 4.78 is 1.52. The molecule has 3 aromatic carbocycles. The monoisotopic (exact) mass is 482 g/mol. The molecule has 4 aromatic rings. The molecule has 7 heteroatoms. The molecule has 0 saturated heterocycles. The lowest BCUT2D eigenvalue weighted by atomic mass is 10.0. The molecule has 0 aliphatic carbocycles. The van der Waals surface area contributed by atoms with Crippen LogP contribution >= 0.6 is 0 Å². The second kappa shape index (κ2) is 10.6. The van der Waals surface area contributed by atoms with Crippen molar-refractivity contribution in [1.82, 2.24) is 9.55 Å². The number of nitrogens with one attached hydrogen (secondary N) is 2. The first-order valence-electron chi connectivity index (χ1n) is 12.1. The number of amides is 2. The van der Waals surface area contributed by atoms with Crippen molar-refractivity contribution < 1.29 is 9.59 Å². The van der Waals surface area contributed by atoms with Crippen molar-refractivity contribution in [3.05, 3.63) is 88.2 Å². The third-order valence-electron chi connectivity index (χ3n) is 6.14. The maximum atomic E-state index is 14.0. The van der Waals surface area contributed by atoms with Gasteiger partial charge in [-0.15, -0.1) is 0 Å². The van der Waals surface area contributed by atoms with Crippen molar-refractivity contribution >= 4 is 34.2 Å². The van der Waals surface area contributed by atoms with Gasteiger partial charge in [-0.1, -0.05) is 49.7 Å². The lowest BCUT2D eigenvalue weighted by Crippen LogP contribution is -2.34. The van der Waals surface area contributed by atoms with E-state index in [-0.39, 0.29) is 17.5 Å². The summed E-state index contributed by atoms with van der Waals surface area (Å²) in [4.78, 5) is 44.0. The maximum absolute atomic E-state index is 14.0. The standard InChI is InChI=1S/C29H30N4O3/c1-5-20-10-9-11-21(17-20)31-28(35)25(6-2)33-26-13-8-7-12-24(26)32-27(29(33)36)22-16-18(3)14-15-23(22)30-19(4)34/h7-17,25H,5-6H2,1-4H3,(H,30,34)(H,31,35). The Bertz CT molecular complexity index is 1510. The molecule has 0 radical (unpaired) electrons. The van der Waals surface area contributed by atoms with Crippen LogP contribution in [-0.4, -0.2) is 21.4 Å². The van der Waals surface area contributed by atoms with Gasteiger partial charge in [0.05, 0.1) is 16.7 Å². The molecular weight excluding hydrogens is 452 g/mol. The zero-order valence-electron chi connectivity index (χ0n) is 21.0. The van der Waals surface area contributed by atoms with E-state index in [1.54, 1.807) is 12.1 Å². The van der Waals surface area contributed by atoms with Gasteiger partial charge in [0, 0.05) is 18.2 Å². The van der Waals surface area contributed by atoms with E-state index in [0.717, 1.165) is 17.5 Å². The van der Waals surface area contributed by atoms with E-state index in [4.69, 9.17) is 0 Å². The van der Waals surface area contributed by atoms with Crippen molar-refractivity contribution in [2.24, 2.45) is 0 Å². The molecule has 1 unspecified atom stereocenters. The minimum absolute atomic E-state index is 0.181. The molecule has 0 spiro atoms. The summed E-state index contributed by atoms with van der Waals surface area (Å²) in [6, 6.07) is 19.7. The molecule has 1 atom stereocenters. The van der Waals surface area contributed by atoms with Crippen LogP contribution in [0.15, 0.2) is 71.5 Å². The van der Waals surface area contributed by atoms with Crippen LogP contribution in [0.2, 0.25) is 0 Å². The van der Waals surface area contributed by atoms with Gasteiger partial charge >= 0.3 is 0 Å². The summed E-state index contributed by atoms with van der Waals surface area (Å²) in [6.45, 7) is 7.26. The Morgan fingerprint density at radius 2 is 1.75 bits per heavy atom. The Hall–Kier alpha value is -4.26. The van der Waals surface area contributed by atoms with Crippen LogP contribution in [-0.2, 0) is 16.0 Å². The summed E-state index contributed by atoms with van der Waals surface area (Å²) >= 11 is 0. The number of rotatable bonds is 7. The highest BCUT2D eigenvalue weighted by atomic mass is 16.2. The number of fused-ring (bicyclic) bond motifs is 1. The molecule has 1 aromatic heterocycles. The number of para-hydroxylation sites is 2. The topological polar surface area (TPSA) is 93.1 Å². The average Bonchev–Trinajstić information content (AvgIpc) is 2.86. The summed E-state index contributed by atoms with van der Waals surface area (Å²) in [5, 5.41) is 5.78. The van der Waals surface area contributed by atoms with E-state index in [1.165, 1.54) is 11.5 Å². The van der Waals surface area contributed by atoms with Crippen LogP contribution in [0.3, 0.4) is 0 Å². The highest BCUT2D eigenvalue weighted by Crippen LogP contribution is 2.29. The molecule has 0 fully saturated rings. The normalized spacial score (nSPS) is 11.8. The molecule has 4 rings (SSSR count). The molecule has 0 aliphatic rings. The third-order valence-corrected chi connectivity index (χ3v) is 6.14. The van der Waals surface area contributed by atoms with Gasteiger partial charge in [-0.25, -0.2) is 4.98 Å². The Balaban J connectivity index is 1.89. The third kappa shape index (κ3) is 5.05. The molecule has 0 aliphatic heterocycles. The van der Waals surface area contributed by atoms with E-state index in [0.29, 0.717) is 34.4 Å². The fourth-order valence-electron chi connectivity index (χ4n) is 4.37. The Kier molecular flexibility index (Phi) is 7.29. The summed E-state index contributed by atoms with van der Waals surface area (Å²) in [5.41, 5.74) is 4.67. The number of nitrogens with zero attached hydrogens (tertiary/aromatic N) is 2. The van der Waals surface area contributed by atoms with Gasteiger partial charge in [0.1, 0.15) is 11.7 Å². The van der Waals surface area contributed by atoms with Crippen LogP contribution in [0.4, 0.5) is 11.4 Å². The fraction of sp³-hybridized carbons (Fsp3) is 0.241. The molecule has 2 N–H and O–H groups in total. The van der Waals surface area contributed by atoms with Gasteiger partial charge in [0.25, 0.3) is 5.56 Å². The number of anilines is 2. The Morgan fingerprint density at radius 1 is 0.972 bits per heavy atom. The minimum atomic E-state index is -0.761. The van der Waals surface area contributed by atoms with Crippen LogP contribution in [0.25, 0.3) is 22.3 Å². The number of carbonyl (C=O) groups excluding carboxylic acids is 2. The van der Waals surface area contributed by atoms with Crippen molar-refractivity contribution in [3.8, 4) is 11.3 Å². The Morgan fingerprint density at radius 3 is 2.47 bits per heavy atom. The first-order valence-corrected chi connectivity index (χ1v) is 12.1. The largest absolute Gasteiger partial charge is 0.326 e. The first kappa shape index (κ1) is 24.9. The number of aromatic nitrogens is 2. The molecule has 0 bridgehead atoms. The number of hydrogen-bond donors (Lipinski definition) is 2. The maximum Gasteiger partial charge on any atom is 0.278 e. The van der Waals surface area contributed by atoms with Crippen LogP contribution < -0.4 is 16.2 Å². The van der Waals surface area contributed by atoms with Crippen molar-refractivity contribution in [2.45, 2.75) is 46.6 Å². The van der Waals surface area contributed by atoms with Gasteiger partial charge in [-0.2, -0.15) is 0 Å². The lowest BCUT2D eigenvalue weighted by molar-refractivity contribution is -0.119. The van der Waals surface area contributed by atoms with Crippen LogP contribution in [0.1, 0.15) is 44.4 Å². The lowest BCUT2D eigenvalue weighted by Gasteiger charge is -2.22. The van der Waals surface area contributed by atoms with E-state index >= 15 is 0 Å². The van der Waals surface area contributed by atoms with Gasteiger partial charge in [0.15, 0.2) is 0 Å². The summed E-state index contributed by atoms with van der Waals surface area (Å²) in [6.07, 6.45) is 1.25. The highest BCUT2D eigenvalue weighted by Gasteiger charge is 2.25. The zero-order chi connectivity index (χ0) is 25.8. The van der Waals surface area contributed by atoms with E-state index in [2.05, 4.69) is 22.5 Å². The molecule has 0 saturated carbocycles. The van der Waals surface area contributed by atoms with Crippen LogP contribution in [0.5, 0.6) is 0 Å². The van der Waals surface area contributed by atoms with E-state index < -0.39 is 11.6 Å². The minimum Gasteiger partial charge on any atom is -0.326 e. The number of aryl methyl sites for hydroxylation is 2.